The first-order valence-electron chi connectivity index (χ1n) is 4.39. The van der Waals surface area contributed by atoms with Crippen molar-refractivity contribution >= 4 is 28.3 Å². The molecule has 0 unspecified atom stereocenters. The molecule has 1 saturated heterocycles. The Hall–Kier alpha value is -0.540. The molecular weight excluding hydrogens is 198 g/mol. The van der Waals surface area contributed by atoms with Gasteiger partial charge in [-0.25, -0.2) is 0 Å². The maximum absolute atomic E-state index is 5.15. The van der Waals surface area contributed by atoms with Crippen molar-refractivity contribution in [3.05, 3.63) is 35.4 Å². The predicted molar refractivity (Wildman–Crippen MR) is 60.0 cm³/mol. The lowest BCUT2D eigenvalue weighted by Gasteiger charge is -2.08. The number of rotatable bonds is 0. The van der Waals surface area contributed by atoms with E-state index >= 15 is 0 Å². The van der Waals surface area contributed by atoms with Crippen LogP contribution in [0.2, 0.25) is 0 Å². The molecule has 0 amide bonds. The summed E-state index contributed by atoms with van der Waals surface area (Å²) in [5.74, 6) is 0. The third-order valence-electron chi connectivity index (χ3n) is 2.71. The fraction of sp³-hybridized carbons (Fsp3) is 0.300. The van der Waals surface area contributed by atoms with Gasteiger partial charge in [-0.15, -0.1) is 0 Å². The van der Waals surface area contributed by atoms with Gasteiger partial charge in [0.1, 0.15) is 4.32 Å². The minimum atomic E-state index is 0.480. The molecule has 66 valence electrons. The molecule has 1 N–H and O–H groups in total. The van der Waals surface area contributed by atoms with E-state index in [-0.39, 0.29) is 0 Å². The fourth-order valence-corrected chi connectivity index (χ4v) is 3.72. The van der Waals surface area contributed by atoms with E-state index in [0.717, 1.165) is 4.32 Å². The first kappa shape index (κ1) is 7.83. The molecule has 0 bridgehead atoms. The van der Waals surface area contributed by atoms with Crippen LogP contribution in [0.1, 0.15) is 17.2 Å². The van der Waals surface area contributed by atoms with E-state index in [4.69, 9.17) is 12.2 Å². The molecule has 2 atom stereocenters. The molecule has 0 spiro atoms. The van der Waals surface area contributed by atoms with Crippen LogP contribution in [0.5, 0.6) is 0 Å². The summed E-state index contributed by atoms with van der Waals surface area (Å²) < 4.78 is 0.963. The van der Waals surface area contributed by atoms with Crippen molar-refractivity contribution in [3.8, 4) is 0 Å². The van der Waals surface area contributed by atoms with Gasteiger partial charge in [-0.2, -0.15) is 0 Å². The molecule has 1 aromatic rings. The fourth-order valence-electron chi connectivity index (χ4n) is 2.14. The van der Waals surface area contributed by atoms with Gasteiger partial charge in [-0.3, -0.25) is 0 Å². The first-order valence-corrected chi connectivity index (χ1v) is 5.68. The quantitative estimate of drug-likeness (QED) is 0.655. The maximum atomic E-state index is 5.15. The second-order valence-corrected chi connectivity index (χ2v) is 5.38. The maximum Gasteiger partial charge on any atom is 0.134 e. The summed E-state index contributed by atoms with van der Waals surface area (Å²) in [6.45, 7) is 0. The van der Waals surface area contributed by atoms with Gasteiger partial charge in [-0.05, 0) is 17.5 Å². The number of hydrogen-bond acceptors (Lipinski definition) is 2. The van der Waals surface area contributed by atoms with Gasteiger partial charge >= 0.3 is 0 Å². The van der Waals surface area contributed by atoms with Crippen molar-refractivity contribution in [2.45, 2.75) is 17.7 Å². The van der Waals surface area contributed by atoms with Gasteiger partial charge in [0.15, 0.2) is 0 Å². The average molecular weight is 207 g/mol. The summed E-state index contributed by atoms with van der Waals surface area (Å²) in [6.07, 6.45) is 1.17. The number of benzene rings is 1. The van der Waals surface area contributed by atoms with Crippen LogP contribution in [0.25, 0.3) is 0 Å². The normalized spacial score (nSPS) is 29.7. The van der Waals surface area contributed by atoms with Crippen molar-refractivity contribution < 1.29 is 0 Å². The summed E-state index contributed by atoms with van der Waals surface area (Å²) in [4.78, 5) is 0. The van der Waals surface area contributed by atoms with Crippen molar-refractivity contribution in [2.24, 2.45) is 0 Å². The molecule has 1 aliphatic carbocycles. The highest BCUT2D eigenvalue weighted by atomic mass is 32.2. The molecule has 2 aliphatic rings. The Morgan fingerprint density at radius 3 is 3.15 bits per heavy atom. The van der Waals surface area contributed by atoms with Gasteiger partial charge in [-0.1, -0.05) is 48.2 Å². The zero-order chi connectivity index (χ0) is 8.84. The van der Waals surface area contributed by atoms with Crippen LogP contribution in [0, 0.1) is 0 Å². The first-order chi connectivity index (χ1) is 6.34. The molecule has 0 aromatic heterocycles. The molecular formula is C10H9NS2. The minimum Gasteiger partial charge on any atom is -0.363 e. The summed E-state index contributed by atoms with van der Waals surface area (Å²) in [5.41, 5.74) is 2.93. The summed E-state index contributed by atoms with van der Waals surface area (Å²) in [7, 11) is 0. The highest BCUT2D eigenvalue weighted by Crippen LogP contribution is 2.43. The zero-order valence-corrected chi connectivity index (χ0v) is 8.62. The number of nitrogens with one attached hydrogen (secondary N) is 1. The van der Waals surface area contributed by atoms with E-state index in [1.165, 1.54) is 17.5 Å². The SMILES string of the molecule is S=C1N[C@H]2c3ccccc3C[C@H]2S1. The predicted octanol–water partition coefficient (Wildman–Crippen LogP) is 2.27. The van der Waals surface area contributed by atoms with E-state index in [0.29, 0.717) is 11.3 Å². The Morgan fingerprint density at radius 1 is 1.38 bits per heavy atom. The zero-order valence-electron chi connectivity index (χ0n) is 6.99. The van der Waals surface area contributed by atoms with Gasteiger partial charge in [0, 0.05) is 5.25 Å². The van der Waals surface area contributed by atoms with E-state index < -0.39 is 0 Å². The Kier molecular flexibility index (Phi) is 1.64. The highest BCUT2D eigenvalue weighted by molar-refractivity contribution is 8.23. The number of hydrogen-bond donors (Lipinski definition) is 1. The van der Waals surface area contributed by atoms with Gasteiger partial charge < -0.3 is 5.32 Å². The summed E-state index contributed by atoms with van der Waals surface area (Å²) in [6, 6.07) is 9.13. The van der Waals surface area contributed by atoms with Crippen LogP contribution in [-0.2, 0) is 6.42 Å². The molecule has 1 fully saturated rings. The molecule has 0 saturated carbocycles. The number of thiocarbonyl (C=S) groups is 1. The second kappa shape index (κ2) is 2.72. The number of fused-ring (bicyclic) bond motifs is 3. The third-order valence-corrected chi connectivity index (χ3v) is 4.19. The Morgan fingerprint density at radius 2 is 2.23 bits per heavy atom. The molecule has 3 rings (SSSR count). The van der Waals surface area contributed by atoms with Crippen molar-refractivity contribution in [3.63, 3.8) is 0 Å². The second-order valence-electron chi connectivity index (χ2n) is 3.47. The van der Waals surface area contributed by atoms with Gasteiger partial charge in [0.25, 0.3) is 0 Å². The van der Waals surface area contributed by atoms with Crippen LogP contribution in [-0.4, -0.2) is 9.57 Å². The van der Waals surface area contributed by atoms with Crippen LogP contribution >= 0.6 is 24.0 Å². The molecule has 1 heterocycles. The van der Waals surface area contributed by atoms with E-state index in [1.54, 1.807) is 0 Å². The van der Waals surface area contributed by atoms with Crippen LogP contribution in [0.3, 0.4) is 0 Å². The lowest BCUT2D eigenvalue weighted by atomic mass is 10.1. The lowest BCUT2D eigenvalue weighted by Crippen LogP contribution is -2.18. The number of thioether (sulfide) groups is 1. The third kappa shape index (κ3) is 1.11. The van der Waals surface area contributed by atoms with Crippen LogP contribution in [0.15, 0.2) is 24.3 Å². The lowest BCUT2D eigenvalue weighted by molar-refractivity contribution is 0.683. The molecule has 1 aliphatic heterocycles. The van der Waals surface area contributed by atoms with Crippen LogP contribution in [0.4, 0.5) is 0 Å². The Bertz CT molecular complexity index is 375. The van der Waals surface area contributed by atoms with Crippen molar-refractivity contribution in [1.82, 2.24) is 5.32 Å². The van der Waals surface area contributed by atoms with Crippen molar-refractivity contribution in [2.75, 3.05) is 0 Å². The standard InChI is InChI=1S/C10H9NS2/c12-10-11-9-7-4-2-1-3-6(7)5-8(9)13-10/h1-4,8-9H,5H2,(H,11,12)/t8-,9+/m1/s1. The average Bonchev–Trinajstić information content (AvgIpc) is 2.60. The summed E-state index contributed by atoms with van der Waals surface area (Å²) in [5, 5.41) is 4.01. The highest BCUT2D eigenvalue weighted by Gasteiger charge is 2.38. The molecule has 1 aromatic carbocycles. The minimum absolute atomic E-state index is 0.480. The smallest absolute Gasteiger partial charge is 0.134 e. The molecule has 1 nitrogen and oxygen atoms in total. The van der Waals surface area contributed by atoms with Crippen LogP contribution < -0.4 is 5.32 Å². The Labute approximate surface area is 86.9 Å². The van der Waals surface area contributed by atoms with Gasteiger partial charge in [0.05, 0.1) is 6.04 Å². The molecule has 0 radical (unpaired) electrons. The molecule has 3 heteroatoms. The summed E-state index contributed by atoms with van der Waals surface area (Å²) >= 11 is 6.97. The topological polar surface area (TPSA) is 12.0 Å². The van der Waals surface area contributed by atoms with Gasteiger partial charge in [0.2, 0.25) is 0 Å². The van der Waals surface area contributed by atoms with E-state index in [2.05, 4.69) is 29.6 Å². The largest absolute Gasteiger partial charge is 0.363 e. The molecule has 13 heavy (non-hydrogen) atoms. The monoisotopic (exact) mass is 207 g/mol. The van der Waals surface area contributed by atoms with Crippen molar-refractivity contribution in [1.29, 1.82) is 0 Å². The van der Waals surface area contributed by atoms with E-state index in [1.807, 2.05) is 11.8 Å². The van der Waals surface area contributed by atoms with E-state index in [9.17, 15) is 0 Å². The Balaban J connectivity index is 2.06.